The van der Waals surface area contributed by atoms with Crippen molar-refractivity contribution in [3.8, 4) is 0 Å². The van der Waals surface area contributed by atoms with Crippen molar-refractivity contribution in [1.29, 1.82) is 0 Å². The Morgan fingerprint density at radius 2 is 1.58 bits per heavy atom. The molecule has 1 atom stereocenters. The van der Waals surface area contributed by atoms with Crippen molar-refractivity contribution in [1.82, 2.24) is 9.97 Å². The molecule has 0 aliphatic heterocycles. The van der Waals surface area contributed by atoms with Crippen LogP contribution in [0, 0.1) is 6.92 Å². The summed E-state index contributed by atoms with van der Waals surface area (Å²) in [5.74, 6) is -0.0535. The van der Waals surface area contributed by atoms with E-state index in [1.54, 1.807) is 0 Å². The highest BCUT2D eigenvalue weighted by atomic mass is 35.5. The van der Waals surface area contributed by atoms with Crippen LogP contribution < -0.4 is 0 Å². The molecule has 1 heterocycles. The number of hydrogen-bond donors (Lipinski definition) is 0. The predicted molar refractivity (Wildman–Crippen MR) is 50.8 cm³/mol. The Kier molecular flexibility index (Phi) is 3.16. The number of halogens is 3. The Hall–Kier alpha value is -0.0500. The zero-order valence-electron chi connectivity index (χ0n) is 6.31. The van der Waals surface area contributed by atoms with Crippen LogP contribution in [-0.2, 0) is 0 Å². The molecule has 1 radical (unpaired) electrons. The lowest BCUT2D eigenvalue weighted by Gasteiger charge is -2.08. The summed E-state index contributed by atoms with van der Waals surface area (Å²) in [5, 5.41) is 0.583. The van der Waals surface area contributed by atoms with E-state index < -0.39 is 0 Å². The highest BCUT2D eigenvalue weighted by Crippen LogP contribution is 2.29. The third kappa shape index (κ3) is 2.00. The predicted octanol–water partition coefficient (Wildman–Crippen LogP) is 3.37. The van der Waals surface area contributed by atoms with Crippen molar-refractivity contribution in [2.45, 2.75) is 12.8 Å². The molecule has 0 bridgehead atoms. The van der Waals surface area contributed by atoms with Crippen molar-refractivity contribution >= 4 is 34.8 Å². The molecule has 12 heavy (non-hydrogen) atoms. The van der Waals surface area contributed by atoms with E-state index in [9.17, 15) is 0 Å². The van der Waals surface area contributed by atoms with Gasteiger partial charge in [-0.1, -0.05) is 30.1 Å². The molecule has 5 heteroatoms. The molecule has 0 unspecified atom stereocenters. The second-order valence-electron chi connectivity index (χ2n) is 2.39. The van der Waals surface area contributed by atoms with Crippen molar-refractivity contribution in [3.05, 3.63) is 28.1 Å². The van der Waals surface area contributed by atoms with Crippen molar-refractivity contribution < 1.29 is 0 Å². The lowest BCUT2D eigenvalue weighted by atomic mass is 10.1. The molecule has 0 N–H and O–H groups in total. The molecular formula is C7H6Cl3N2. The third-order valence-corrected chi connectivity index (χ3v) is 2.06. The van der Waals surface area contributed by atoms with Crippen molar-refractivity contribution in [2.75, 3.05) is 0 Å². The quantitative estimate of drug-likeness (QED) is 0.540. The maximum Gasteiger partial charge on any atom is 0.225 e. The summed E-state index contributed by atoms with van der Waals surface area (Å²) < 4.78 is 0. The highest BCUT2D eigenvalue weighted by molar-refractivity contribution is 6.36. The second-order valence-corrected chi connectivity index (χ2v) is 3.44. The first-order valence-corrected chi connectivity index (χ1v) is 4.37. The Morgan fingerprint density at radius 3 is 1.92 bits per heavy atom. The van der Waals surface area contributed by atoms with Crippen LogP contribution in [0.15, 0.2) is 0 Å². The minimum Gasteiger partial charge on any atom is -0.206 e. The van der Waals surface area contributed by atoms with Gasteiger partial charge in [-0.25, -0.2) is 9.97 Å². The average Bonchev–Trinajstić information content (AvgIpc) is 1.82. The van der Waals surface area contributed by atoms with Crippen molar-refractivity contribution in [2.24, 2.45) is 0 Å². The summed E-state index contributed by atoms with van der Waals surface area (Å²) in [5.41, 5.74) is 0.628. The fourth-order valence-corrected chi connectivity index (χ4v) is 1.81. The van der Waals surface area contributed by atoms with Gasteiger partial charge in [-0.2, -0.15) is 0 Å². The molecule has 0 aliphatic rings. The zero-order valence-corrected chi connectivity index (χ0v) is 8.58. The number of aromatic nitrogens is 2. The van der Waals surface area contributed by atoms with Gasteiger partial charge in [-0.15, -0.1) is 0 Å². The minimum atomic E-state index is -0.0535. The fraction of sp³-hybridized carbons (Fsp3) is 0.286. The smallest absolute Gasteiger partial charge is 0.206 e. The fourth-order valence-electron chi connectivity index (χ4n) is 0.799. The number of rotatable bonds is 1. The van der Waals surface area contributed by atoms with E-state index in [0.717, 1.165) is 0 Å². The molecule has 0 aliphatic carbocycles. The Labute approximate surface area is 85.9 Å². The van der Waals surface area contributed by atoms with Gasteiger partial charge < -0.3 is 0 Å². The van der Waals surface area contributed by atoms with Gasteiger partial charge in [0.1, 0.15) is 10.3 Å². The molecule has 2 nitrogen and oxygen atoms in total. The summed E-state index contributed by atoms with van der Waals surface area (Å²) >= 11 is 17.1. The van der Waals surface area contributed by atoms with Gasteiger partial charge in [0.15, 0.2) is 0 Å². The average molecular weight is 224 g/mol. The summed E-state index contributed by atoms with van der Waals surface area (Å²) in [6, 6.07) is 0. The molecule has 0 spiro atoms. The number of hydrogen-bond acceptors (Lipinski definition) is 2. The molecule has 0 saturated heterocycles. The van der Waals surface area contributed by atoms with Gasteiger partial charge in [0.2, 0.25) is 5.28 Å². The molecule has 1 aromatic rings. The van der Waals surface area contributed by atoms with Crippen LogP contribution in [0.1, 0.15) is 18.4 Å². The molecule has 65 valence electrons. The summed E-state index contributed by atoms with van der Waals surface area (Å²) in [7, 11) is 0. The SMILES string of the molecule is [CH2][C@@H](C)c1c(Cl)nc(Cl)nc1Cl. The second kappa shape index (κ2) is 3.77. The highest BCUT2D eigenvalue weighted by Gasteiger charge is 2.13. The normalized spacial score (nSPS) is 10.8. The van der Waals surface area contributed by atoms with Crippen LogP contribution in [0.5, 0.6) is 0 Å². The lowest BCUT2D eigenvalue weighted by Crippen LogP contribution is -1.96. The summed E-state index contributed by atoms with van der Waals surface area (Å²) in [6.45, 7) is 5.62. The van der Waals surface area contributed by atoms with E-state index in [1.165, 1.54) is 0 Å². The first-order valence-electron chi connectivity index (χ1n) is 3.24. The van der Waals surface area contributed by atoms with Gasteiger partial charge in [-0.05, 0) is 24.4 Å². The van der Waals surface area contributed by atoms with Crippen LogP contribution in [-0.4, -0.2) is 9.97 Å². The van der Waals surface area contributed by atoms with Crippen molar-refractivity contribution in [3.63, 3.8) is 0 Å². The Balaban J connectivity index is 3.28. The molecule has 0 fully saturated rings. The zero-order chi connectivity index (χ0) is 9.30. The first-order chi connectivity index (χ1) is 5.52. The van der Waals surface area contributed by atoms with E-state index in [1.807, 2.05) is 6.92 Å². The largest absolute Gasteiger partial charge is 0.225 e. The van der Waals surface area contributed by atoms with E-state index in [0.29, 0.717) is 5.56 Å². The van der Waals surface area contributed by atoms with Gasteiger partial charge in [0.05, 0.1) is 0 Å². The standard InChI is InChI=1S/C7H6Cl3N2/c1-3(2)4-5(8)11-7(10)12-6(4)9/h3H,1H2,2H3/t3-/m0/s1. The van der Waals surface area contributed by atoms with Crippen LogP contribution in [0.25, 0.3) is 0 Å². The monoisotopic (exact) mass is 223 g/mol. The summed E-state index contributed by atoms with van der Waals surface area (Å²) in [6.07, 6.45) is 0. The molecule has 0 saturated carbocycles. The van der Waals surface area contributed by atoms with E-state index >= 15 is 0 Å². The molecule has 1 rings (SSSR count). The van der Waals surface area contributed by atoms with Crippen LogP contribution in [0.4, 0.5) is 0 Å². The molecule has 0 aromatic carbocycles. The van der Waals surface area contributed by atoms with Crippen LogP contribution >= 0.6 is 34.8 Å². The molecule has 0 amide bonds. The minimum absolute atomic E-state index is 0.0504. The van der Waals surface area contributed by atoms with Gasteiger partial charge in [-0.3, -0.25) is 0 Å². The van der Waals surface area contributed by atoms with Gasteiger partial charge in [0.25, 0.3) is 0 Å². The Morgan fingerprint density at radius 1 is 1.17 bits per heavy atom. The van der Waals surface area contributed by atoms with Crippen LogP contribution in [0.3, 0.4) is 0 Å². The lowest BCUT2D eigenvalue weighted by molar-refractivity contribution is 0.929. The Bertz CT molecular complexity index is 276. The topological polar surface area (TPSA) is 25.8 Å². The van der Waals surface area contributed by atoms with E-state index in [-0.39, 0.29) is 21.5 Å². The maximum absolute atomic E-state index is 5.77. The van der Waals surface area contributed by atoms with E-state index in [4.69, 9.17) is 34.8 Å². The van der Waals surface area contributed by atoms with Gasteiger partial charge in [0, 0.05) is 5.56 Å². The molecular weight excluding hydrogens is 218 g/mol. The van der Waals surface area contributed by atoms with Gasteiger partial charge >= 0.3 is 0 Å². The number of nitrogens with zero attached hydrogens (tertiary/aromatic N) is 2. The van der Waals surface area contributed by atoms with E-state index in [2.05, 4.69) is 16.9 Å². The maximum atomic E-state index is 5.77. The molecule has 1 aromatic heterocycles. The van der Waals surface area contributed by atoms with Crippen LogP contribution in [0.2, 0.25) is 15.6 Å². The summed E-state index contributed by atoms with van der Waals surface area (Å²) in [4.78, 5) is 7.50. The third-order valence-electron chi connectivity index (χ3n) is 1.32. The first kappa shape index (κ1) is 10.0.